The molecule has 1 aliphatic rings. The molecule has 5 heteroatoms. The third-order valence-electron chi connectivity index (χ3n) is 4.53. The topological polar surface area (TPSA) is 55.2 Å². The van der Waals surface area contributed by atoms with E-state index in [0.717, 1.165) is 19.5 Å². The average molecular weight is 313 g/mol. The number of benzene rings is 1. The molecule has 1 aliphatic heterocycles. The third-order valence-corrected chi connectivity index (χ3v) is 4.53. The van der Waals surface area contributed by atoms with Crippen LogP contribution >= 0.6 is 0 Å². The highest BCUT2D eigenvalue weighted by atomic mass is 16.2. The van der Waals surface area contributed by atoms with Crippen LogP contribution in [0.5, 0.6) is 0 Å². The van der Waals surface area contributed by atoms with Gasteiger partial charge in [0, 0.05) is 25.0 Å². The van der Waals surface area contributed by atoms with Gasteiger partial charge in [-0.3, -0.25) is 9.59 Å². The zero-order valence-electron chi connectivity index (χ0n) is 14.0. The van der Waals surface area contributed by atoms with Gasteiger partial charge in [-0.1, -0.05) is 32.0 Å². The van der Waals surface area contributed by atoms with Crippen LogP contribution in [0.3, 0.4) is 0 Å². The van der Waals surface area contributed by atoms with Crippen molar-refractivity contribution in [2.75, 3.05) is 13.1 Å². The fraction of sp³-hybridized carbons (Fsp3) is 0.500. The molecule has 1 saturated heterocycles. The summed E-state index contributed by atoms with van der Waals surface area (Å²) in [6.45, 7) is 8.18. The summed E-state index contributed by atoms with van der Waals surface area (Å²) < 4.78 is 1.38. The first-order chi connectivity index (χ1) is 11.0. The second-order valence-electron chi connectivity index (χ2n) is 6.67. The molecule has 0 N–H and O–H groups in total. The largest absolute Gasteiger partial charge is 0.337 e. The molecule has 2 aromatic rings. The van der Waals surface area contributed by atoms with Gasteiger partial charge in [0.1, 0.15) is 0 Å². The minimum atomic E-state index is -0.139. The Balaban J connectivity index is 2.10. The molecule has 1 fully saturated rings. The summed E-state index contributed by atoms with van der Waals surface area (Å²) >= 11 is 0. The fourth-order valence-corrected chi connectivity index (χ4v) is 3.59. The highest BCUT2D eigenvalue weighted by molar-refractivity contribution is 6.04. The van der Waals surface area contributed by atoms with Crippen molar-refractivity contribution >= 4 is 16.7 Å². The lowest BCUT2D eigenvalue weighted by Gasteiger charge is -2.35. The number of rotatable bonds is 2. The Kier molecular flexibility index (Phi) is 4.20. The lowest BCUT2D eigenvalue weighted by molar-refractivity contribution is 0.0617. The number of hydrogen-bond acceptors (Lipinski definition) is 3. The van der Waals surface area contributed by atoms with Crippen molar-refractivity contribution < 1.29 is 4.79 Å². The molecule has 0 radical (unpaired) electrons. The predicted molar refractivity (Wildman–Crippen MR) is 90.5 cm³/mol. The number of amides is 1. The number of hydrogen-bond donors (Lipinski definition) is 0. The average Bonchev–Trinajstić information content (AvgIpc) is 2.54. The molecular weight excluding hydrogens is 290 g/mol. The summed E-state index contributed by atoms with van der Waals surface area (Å²) in [5.41, 5.74) is 0.253. The summed E-state index contributed by atoms with van der Waals surface area (Å²) in [5, 5.41) is 5.57. The van der Waals surface area contributed by atoms with E-state index < -0.39 is 0 Å². The molecule has 0 saturated carbocycles. The van der Waals surface area contributed by atoms with Gasteiger partial charge in [-0.2, -0.15) is 5.10 Å². The first-order valence-corrected chi connectivity index (χ1v) is 8.30. The zero-order chi connectivity index (χ0) is 16.6. The maximum absolute atomic E-state index is 13.0. The van der Waals surface area contributed by atoms with Crippen molar-refractivity contribution in [3.63, 3.8) is 0 Å². The second-order valence-corrected chi connectivity index (χ2v) is 6.67. The van der Waals surface area contributed by atoms with Gasteiger partial charge in [-0.15, -0.1) is 0 Å². The van der Waals surface area contributed by atoms with Crippen molar-refractivity contribution in [1.29, 1.82) is 0 Å². The molecule has 0 aliphatic carbocycles. The van der Waals surface area contributed by atoms with Crippen molar-refractivity contribution in [3.8, 4) is 0 Å². The van der Waals surface area contributed by atoms with E-state index in [2.05, 4.69) is 18.9 Å². The number of nitrogens with zero attached hydrogens (tertiary/aromatic N) is 3. The molecule has 23 heavy (non-hydrogen) atoms. The first-order valence-electron chi connectivity index (χ1n) is 8.30. The number of carbonyl (C=O) groups excluding carboxylic acids is 1. The van der Waals surface area contributed by atoms with Crippen molar-refractivity contribution in [2.45, 2.75) is 33.7 Å². The van der Waals surface area contributed by atoms with E-state index in [1.807, 2.05) is 30.0 Å². The van der Waals surface area contributed by atoms with E-state index in [1.165, 1.54) is 4.68 Å². The van der Waals surface area contributed by atoms with Crippen LogP contribution in [0.15, 0.2) is 29.1 Å². The SMILES string of the molecule is CCn1nc(C(=O)N2C[C@H](C)C[C@@H](C)C2)c2ccccc2c1=O. The van der Waals surface area contributed by atoms with Crippen molar-refractivity contribution in [2.24, 2.45) is 11.8 Å². The van der Waals surface area contributed by atoms with E-state index >= 15 is 0 Å². The summed E-state index contributed by atoms with van der Waals surface area (Å²) in [6.07, 6.45) is 1.15. The Morgan fingerprint density at radius 1 is 1.17 bits per heavy atom. The smallest absolute Gasteiger partial charge is 0.274 e. The molecule has 1 aromatic heterocycles. The van der Waals surface area contributed by atoms with Gasteiger partial charge in [0.15, 0.2) is 5.69 Å². The van der Waals surface area contributed by atoms with Gasteiger partial charge >= 0.3 is 0 Å². The maximum atomic E-state index is 13.0. The highest BCUT2D eigenvalue weighted by Crippen LogP contribution is 2.23. The molecule has 1 aromatic carbocycles. The molecule has 2 atom stereocenters. The third kappa shape index (κ3) is 2.87. The fourth-order valence-electron chi connectivity index (χ4n) is 3.59. The van der Waals surface area contributed by atoms with Crippen LogP contribution in [-0.2, 0) is 6.54 Å². The Bertz CT molecular complexity index is 786. The number of aryl methyl sites for hydroxylation is 1. The van der Waals surface area contributed by atoms with Crippen molar-refractivity contribution in [3.05, 3.63) is 40.3 Å². The van der Waals surface area contributed by atoms with Gasteiger partial charge in [-0.25, -0.2) is 4.68 Å². The molecule has 3 rings (SSSR count). The molecule has 0 unspecified atom stereocenters. The Labute approximate surface area is 135 Å². The van der Waals surface area contributed by atoms with Gasteiger partial charge < -0.3 is 4.90 Å². The molecule has 0 spiro atoms. The highest BCUT2D eigenvalue weighted by Gasteiger charge is 2.28. The zero-order valence-corrected chi connectivity index (χ0v) is 14.0. The van der Waals surface area contributed by atoms with E-state index in [1.54, 1.807) is 6.07 Å². The van der Waals surface area contributed by atoms with Gasteiger partial charge in [0.2, 0.25) is 0 Å². The number of carbonyl (C=O) groups is 1. The van der Waals surface area contributed by atoms with E-state index in [9.17, 15) is 9.59 Å². The summed E-state index contributed by atoms with van der Waals surface area (Å²) in [6, 6.07) is 7.25. The normalized spacial score (nSPS) is 21.6. The minimum absolute atomic E-state index is 0.0678. The Morgan fingerprint density at radius 3 is 2.39 bits per heavy atom. The molecule has 0 bridgehead atoms. The summed E-state index contributed by atoms with van der Waals surface area (Å²) in [4.78, 5) is 27.3. The Hall–Kier alpha value is -2.17. The number of aromatic nitrogens is 2. The van der Waals surface area contributed by atoms with Crippen LogP contribution in [0.2, 0.25) is 0 Å². The van der Waals surface area contributed by atoms with E-state index in [0.29, 0.717) is 34.8 Å². The van der Waals surface area contributed by atoms with Gasteiger partial charge in [0.25, 0.3) is 11.5 Å². The summed E-state index contributed by atoms with van der Waals surface area (Å²) in [5.74, 6) is 0.916. The molecular formula is C18H23N3O2. The van der Waals surface area contributed by atoms with E-state index in [4.69, 9.17) is 0 Å². The van der Waals surface area contributed by atoms with E-state index in [-0.39, 0.29) is 11.5 Å². The van der Waals surface area contributed by atoms with Crippen LogP contribution in [-0.4, -0.2) is 33.7 Å². The van der Waals surface area contributed by atoms with Gasteiger partial charge in [0.05, 0.1) is 5.39 Å². The minimum Gasteiger partial charge on any atom is -0.337 e. The number of fused-ring (bicyclic) bond motifs is 1. The Morgan fingerprint density at radius 2 is 1.78 bits per heavy atom. The number of piperidine rings is 1. The van der Waals surface area contributed by atoms with Crippen LogP contribution in [0, 0.1) is 11.8 Å². The lowest BCUT2D eigenvalue weighted by atomic mass is 9.91. The van der Waals surface area contributed by atoms with Crippen LogP contribution < -0.4 is 5.56 Å². The monoisotopic (exact) mass is 313 g/mol. The predicted octanol–water partition coefficient (Wildman–Crippen LogP) is 2.53. The van der Waals surface area contributed by atoms with Crippen LogP contribution in [0.4, 0.5) is 0 Å². The molecule has 122 valence electrons. The number of likely N-dealkylation sites (tertiary alicyclic amines) is 1. The summed E-state index contributed by atoms with van der Waals surface area (Å²) in [7, 11) is 0. The lowest BCUT2D eigenvalue weighted by Crippen LogP contribution is -2.43. The quantitative estimate of drug-likeness (QED) is 0.856. The first kappa shape index (κ1) is 15.7. The molecule has 5 nitrogen and oxygen atoms in total. The van der Waals surface area contributed by atoms with Gasteiger partial charge in [-0.05, 0) is 31.2 Å². The molecule has 1 amide bonds. The maximum Gasteiger partial charge on any atom is 0.274 e. The van der Waals surface area contributed by atoms with Crippen molar-refractivity contribution in [1.82, 2.24) is 14.7 Å². The molecule has 2 heterocycles. The van der Waals surface area contributed by atoms with Crippen LogP contribution in [0.25, 0.3) is 10.8 Å². The second kappa shape index (κ2) is 6.14. The standard InChI is InChI=1S/C18H23N3O2/c1-4-21-17(22)15-8-6-5-7-14(15)16(19-21)18(23)20-10-12(2)9-13(3)11-20/h5-8,12-13H,4,9-11H2,1-3H3/t12-,13-/m1/s1. The van der Waals surface area contributed by atoms with Crippen LogP contribution in [0.1, 0.15) is 37.7 Å².